The van der Waals surface area contributed by atoms with Crippen molar-refractivity contribution < 1.29 is 9.21 Å². The highest BCUT2D eigenvalue weighted by Gasteiger charge is 2.18. The van der Waals surface area contributed by atoms with Crippen LogP contribution in [0.3, 0.4) is 0 Å². The number of amides is 1. The van der Waals surface area contributed by atoms with E-state index in [0.29, 0.717) is 19.5 Å². The van der Waals surface area contributed by atoms with Gasteiger partial charge in [0.2, 0.25) is 5.91 Å². The van der Waals surface area contributed by atoms with E-state index in [1.54, 1.807) is 6.26 Å². The van der Waals surface area contributed by atoms with Gasteiger partial charge in [-0.1, -0.05) is 11.6 Å². The normalized spacial score (nSPS) is 12.3. The highest BCUT2D eigenvalue weighted by atomic mass is 35.5. The average Bonchev–Trinajstić information content (AvgIpc) is 3.06. The van der Waals surface area contributed by atoms with Crippen molar-refractivity contribution in [3.63, 3.8) is 0 Å². The maximum absolute atomic E-state index is 11.5. The number of nitrogens with one attached hydrogen (secondary N) is 2. The second-order valence-electron chi connectivity index (χ2n) is 4.25. The first-order valence-corrected chi connectivity index (χ1v) is 7.69. The zero-order valence-electron chi connectivity index (χ0n) is 11.2. The monoisotopic (exact) mass is 312 g/mol. The van der Waals surface area contributed by atoms with Crippen LogP contribution in [0, 0.1) is 0 Å². The smallest absolute Gasteiger partial charge is 0.221 e. The molecule has 1 unspecified atom stereocenters. The zero-order chi connectivity index (χ0) is 14.4. The molecule has 2 rings (SSSR count). The summed E-state index contributed by atoms with van der Waals surface area (Å²) in [5.74, 6) is 0.863. The van der Waals surface area contributed by atoms with Crippen molar-refractivity contribution in [2.24, 2.45) is 0 Å². The Kier molecular flexibility index (Phi) is 5.64. The number of halogens is 1. The van der Waals surface area contributed by atoms with E-state index < -0.39 is 0 Å². The van der Waals surface area contributed by atoms with Crippen LogP contribution in [0.2, 0.25) is 4.34 Å². The maximum atomic E-state index is 11.5. The van der Waals surface area contributed by atoms with Crippen LogP contribution in [0.5, 0.6) is 0 Å². The average molecular weight is 313 g/mol. The molecule has 4 nitrogen and oxygen atoms in total. The molecular formula is C14H17ClN2O2S. The molecule has 0 fully saturated rings. The Balaban J connectivity index is 1.99. The standard InChI is InChI=1S/C14H17ClN2O2S/c1-2-16-13(18)7-8-17-14(10-4-3-9-19-10)11-5-6-12(15)20-11/h3-6,9,14,17H,2,7-8H2,1H3,(H,16,18). The summed E-state index contributed by atoms with van der Waals surface area (Å²) in [6, 6.07) is 7.53. The van der Waals surface area contributed by atoms with Crippen LogP contribution in [0.4, 0.5) is 0 Å². The minimum absolute atomic E-state index is 0.0439. The highest BCUT2D eigenvalue weighted by Crippen LogP contribution is 2.31. The molecule has 0 bridgehead atoms. The van der Waals surface area contributed by atoms with Gasteiger partial charge in [-0.3, -0.25) is 4.79 Å². The molecule has 2 N–H and O–H groups in total. The largest absolute Gasteiger partial charge is 0.467 e. The van der Waals surface area contributed by atoms with Crippen molar-refractivity contribution in [2.45, 2.75) is 19.4 Å². The van der Waals surface area contributed by atoms with Gasteiger partial charge in [-0.2, -0.15) is 0 Å². The van der Waals surface area contributed by atoms with Crippen molar-refractivity contribution in [1.82, 2.24) is 10.6 Å². The molecule has 1 atom stereocenters. The maximum Gasteiger partial charge on any atom is 0.221 e. The fourth-order valence-corrected chi connectivity index (χ4v) is 3.04. The Bertz CT molecular complexity index is 539. The summed E-state index contributed by atoms with van der Waals surface area (Å²) >= 11 is 7.49. The Labute approximate surface area is 127 Å². The van der Waals surface area contributed by atoms with Gasteiger partial charge in [-0.05, 0) is 31.2 Å². The molecule has 2 heterocycles. The van der Waals surface area contributed by atoms with Gasteiger partial charge in [0, 0.05) is 24.4 Å². The van der Waals surface area contributed by atoms with Gasteiger partial charge >= 0.3 is 0 Å². The van der Waals surface area contributed by atoms with E-state index >= 15 is 0 Å². The van der Waals surface area contributed by atoms with Crippen LogP contribution in [0.15, 0.2) is 34.9 Å². The summed E-state index contributed by atoms with van der Waals surface area (Å²) in [5.41, 5.74) is 0. The van der Waals surface area contributed by atoms with E-state index in [2.05, 4.69) is 10.6 Å². The lowest BCUT2D eigenvalue weighted by Gasteiger charge is -2.15. The lowest BCUT2D eigenvalue weighted by molar-refractivity contribution is -0.120. The Morgan fingerprint density at radius 2 is 2.30 bits per heavy atom. The molecule has 0 aliphatic carbocycles. The van der Waals surface area contributed by atoms with Crippen molar-refractivity contribution in [3.8, 4) is 0 Å². The third-order valence-corrected chi connectivity index (χ3v) is 4.08. The molecule has 1 amide bonds. The van der Waals surface area contributed by atoms with E-state index in [0.717, 1.165) is 15.0 Å². The predicted octanol–water partition coefficient (Wildman–Crippen LogP) is 3.20. The van der Waals surface area contributed by atoms with Gasteiger partial charge in [-0.25, -0.2) is 0 Å². The van der Waals surface area contributed by atoms with Crippen LogP contribution in [0.25, 0.3) is 0 Å². The van der Waals surface area contributed by atoms with Crippen LogP contribution < -0.4 is 10.6 Å². The highest BCUT2D eigenvalue weighted by molar-refractivity contribution is 7.16. The van der Waals surface area contributed by atoms with Crippen LogP contribution in [-0.2, 0) is 4.79 Å². The van der Waals surface area contributed by atoms with Gasteiger partial charge in [-0.15, -0.1) is 11.3 Å². The predicted molar refractivity (Wildman–Crippen MR) is 81.2 cm³/mol. The number of hydrogen-bond acceptors (Lipinski definition) is 4. The first kappa shape index (κ1) is 15.1. The molecule has 2 aromatic rings. The topological polar surface area (TPSA) is 54.3 Å². The number of carbonyl (C=O) groups is 1. The summed E-state index contributed by atoms with van der Waals surface area (Å²) in [7, 11) is 0. The molecule has 20 heavy (non-hydrogen) atoms. The second-order valence-corrected chi connectivity index (χ2v) is 5.99. The van der Waals surface area contributed by atoms with Crippen LogP contribution >= 0.6 is 22.9 Å². The Morgan fingerprint density at radius 1 is 1.45 bits per heavy atom. The van der Waals surface area contributed by atoms with E-state index in [1.807, 2.05) is 31.2 Å². The molecule has 2 aromatic heterocycles. The van der Waals surface area contributed by atoms with Crippen molar-refractivity contribution in [3.05, 3.63) is 45.5 Å². The molecular weight excluding hydrogens is 296 g/mol. The number of carbonyl (C=O) groups excluding carboxylic acids is 1. The molecule has 108 valence electrons. The number of hydrogen-bond donors (Lipinski definition) is 2. The summed E-state index contributed by atoms with van der Waals surface area (Å²) in [6.07, 6.45) is 2.08. The first-order valence-electron chi connectivity index (χ1n) is 6.49. The van der Waals surface area contributed by atoms with Crippen LogP contribution in [0.1, 0.15) is 30.0 Å². The molecule has 0 aromatic carbocycles. The van der Waals surface area contributed by atoms with E-state index in [9.17, 15) is 4.79 Å². The summed E-state index contributed by atoms with van der Waals surface area (Å²) in [4.78, 5) is 12.5. The molecule has 0 spiro atoms. The van der Waals surface area contributed by atoms with E-state index in [-0.39, 0.29) is 11.9 Å². The minimum atomic E-state index is -0.0723. The Morgan fingerprint density at radius 3 is 2.90 bits per heavy atom. The molecule has 0 aliphatic rings. The molecule has 0 radical (unpaired) electrons. The van der Waals surface area contributed by atoms with Crippen molar-refractivity contribution >= 4 is 28.8 Å². The quantitative estimate of drug-likeness (QED) is 0.825. The minimum Gasteiger partial charge on any atom is -0.467 e. The van der Waals surface area contributed by atoms with Crippen molar-refractivity contribution in [2.75, 3.05) is 13.1 Å². The molecule has 0 aliphatic heterocycles. The lowest BCUT2D eigenvalue weighted by Crippen LogP contribution is -2.29. The van der Waals surface area contributed by atoms with Gasteiger partial charge < -0.3 is 15.1 Å². The number of rotatable bonds is 7. The Hall–Kier alpha value is -1.30. The van der Waals surface area contributed by atoms with Crippen LogP contribution in [-0.4, -0.2) is 19.0 Å². The number of furan rings is 1. The van der Waals surface area contributed by atoms with Gasteiger partial charge in [0.15, 0.2) is 0 Å². The SMILES string of the molecule is CCNC(=O)CCNC(c1ccco1)c1ccc(Cl)s1. The summed E-state index contributed by atoms with van der Waals surface area (Å²) in [5, 5.41) is 6.12. The van der Waals surface area contributed by atoms with Gasteiger partial charge in [0.05, 0.1) is 10.6 Å². The molecule has 0 saturated carbocycles. The summed E-state index contributed by atoms with van der Waals surface area (Å²) < 4.78 is 6.20. The third kappa shape index (κ3) is 4.10. The fourth-order valence-electron chi connectivity index (χ4n) is 1.90. The number of thiophene rings is 1. The van der Waals surface area contributed by atoms with Gasteiger partial charge in [0.25, 0.3) is 0 Å². The van der Waals surface area contributed by atoms with E-state index in [4.69, 9.17) is 16.0 Å². The summed E-state index contributed by atoms with van der Waals surface area (Å²) in [6.45, 7) is 3.14. The third-order valence-electron chi connectivity index (χ3n) is 2.78. The second kappa shape index (κ2) is 7.47. The van der Waals surface area contributed by atoms with Crippen molar-refractivity contribution in [1.29, 1.82) is 0 Å². The van der Waals surface area contributed by atoms with E-state index in [1.165, 1.54) is 11.3 Å². The fraction of sp³-hybridized carbons (Fsp3) is 0.357. The van der Waals surface area contributed by atoms with Gasteiger partial charge in [0.1, 0.15) is 11.8 Å². The zero-order valence-corrected chi connectivity index (χ0v) is 12.8. The molecule has 0 saturated heterocycles. The lowest BCUT2D eigenvalue weighted by atomic mass is 10.2. The molecule has 6 heteroatoms. The first-order chi connectivity index (χ1) is 9.70.